The minimum Gasteiger partial charge on any atom is -0.418 e. The zero-order chi connectivity index (χ0) is 23.3. The summed E-state index contributed by atoms with van der Waals surface area (Å²) in [5.74, 6) is 0. The van der Waals surface area contributed by atoms with Crippen LogP contribution in [0.15, 0.2) is 0 Å². The molecule has 0 saturated heterocycles. The van der Waals surface area contributed by atoms with Gasteiger partial charge in [0, 0.05) is 39.5 Å². The van der Waals surface area contributed by atoms with Crippen molar-refractivity contribution in [3.8, 4) is 0 Å². The Kier molecular flexibility index (Phi) is 21.0. The van der Waals surface area contributed by atoms with Crippen molar-refractivity contribution in [3.63, 3.8) is 0 Å². The SMILES string of the molecule is CCO[Si](C)(C)CCCCCCOCCNCCOCCCCCC[Si](C)(C)OCC. The van der Waals surface area contributed by atoms with Crippen LogP contribution in [0.3, 0.4) is 0 Å². The number of ether oxygens (including phenoxy) is 2. The molecule has 0 saturated carbocycles. The Morgan fingerprint density at radius 2 is 0.903 bits per heavy atom. The normalized spacial score (nSPS) is 12.6. The predicted molar refractivity (Wildman–Crippen MR) is 139 cm³/mol. The van der Waals surface area contributed by atoms with E-state index in [-0.39, 0.29) is 0 Å². The summed E-state index contributed by atoms with van der Waals surface area (Å²) in [6.07, 6.45) is 10.1. The van der Waals surface area contributed by atoms with Gasteiger partial charge in [0.15, 0.2) is 16.6 Å². The van der Waals surface area contributed by atoms with Gasteiger partial charge < -0.3 is 23.6 Å². The Hall–Kier alpha value is 0.234. The van der Waals surface area contributed by atoms with Crippen LogP contribution in [0.5, 0.6) is 0 Å². The van der Waals surface area contributed by atoms with Gasteiger partial charge in [-0.2, -0.15) is 0 Å². The molecule has 0 aliphatic rings. The third kappa shape index (κ3) is 23.2. The molecular weight excluding hydrogens is 422 g/mol. The molecule has 1 N–H and O–H groups in total. The highest BCUT2D eigenvalue weighted by Gasteiger charge is 2.21. The van der Waals surface area contributed by atoms with Crippen molar-refractivity contribution in [2.24, 2.45) is 0 Å². The van der Waals surface area contributed by atoms with E-state index in [4.69, 9.17) is 18.3 Å². The second kappa shape index (κ2) is 20.8. The molecule has 0 heterocycles. The lowest BCUT2D eigenvalue weighted by Crippen LogP contribution is -2.29. The first-order chi connectivity index (χ1) is 14.8. The molecule has 0 atom stereocenters. The van der Waals surface area contributed by atoms with Crippen LogP contribution in [0.4, 0.5) is 0 Å². The van der Waals surface area contributed by atoms with Crippen LogP contribution in [0.2, 0.25) is 38.3 Å². The van der Waals surface area contributed by atoms with Gasteiger partial charge in [-0.05, 0) is 65.0 Å². The van der Waals surface area contributed by atoms with Crippen LogP contribution in [0.1, 0.15) is 65.2 Å². The van der Waals surface area contributed by atoms with Crippen LogP contribution in [0, 0.1) is 0 Å². The molecule has 0 aliphatic heterocycles. The van der Waals surface area contributed by atoms with Gasteiger partial charge in [0.25, 0.3) is 0 Å². The van der Waals surface area contributed by atoms with Crippen LogP contribution in [0.25, 0.3) is 0 Å². The van der Waals surface area contributed by atoms with Crippen LogP contribution in [-0.2, 0) is 18.3 Å². The Bertz CT molecular complexity index is 351. The fourth-order valence-corrected chi connectivity index (χ4v) is 7.81. The molecule has 0 radical (unpaired) electrons. The number of rotatable bonds is 24. The van der Waals surface area contributed by atoms with E-state index in [0.717, 1.165) is 52.7 Å². The summed E-state index contributed by atoms with van der Waals surface area (Å²) in [5.41, 5.74) is 0. The summed E-state index contributed by atoms with van der Waals surface area (Å²) in [7, 11) is -2.75. The summed E-state index contributed by atoms with van der Waals surface area (Å²) >= 11 is 0. The van der Waals surface area contributed by atoms with Gasteiger partial charge in [-0.3, -0.25) is 0 Å². The fraction of sp³-hybridized carbons (Fsp3) is 1.00. The van der Waals surface area contributed by atoms with E-state index < -0.39 is 16.6 Å². The van der Waals surface area contributed by atoms with E-state index in [1.807, 2.05) is 0 Å². The molecule has 0 unspecified atom stereocenters. The largest absolute Gasteiger partial charge is 0.418 e. The van der Waals surface area contributed by atoms with Crippen molar-refractivity contribution < 1.29 is 18.3 Å². The average Bonchev–Trinajstić information content (AvgIpc) is 2.69. The van der Waals surface area contributed by atoms with Gasteiger partial charge in [0.2, 0.25) is 0 Å². The van der Waals surface area contributed by atoms with Crippen molar-refractivity contribution >= 4 is 16.6 Å². The van der Waals surface area contributed by atoms with Gasteiger partial charge in [0.05, 0.1) is 13.2 Å². The lowest BCUT2D eigenvalue weighted by molar-refractivity contribution is 0.117. The molecule has 0 rings (SSSR count). The molecule has 5 nitrogen and oxygen atoms in total. The maximum absolute atomic E-state index is 5.88. The zero-order valence-corrected chi connectivity index (χ0v) is 23.9. The highest BCUT2D eigenvalue weighted by atomic mass is 28.4. The number of hydrogen-bond donors (Lipinski definition) is 1. The Labute approximate surface area is 196 Å². The molecule has 0 amide bonds. The summed E-state index contributed by atoms with van der Waals surface area (Å²) in [4.78, 5) is 0. The van der Waals surface area contributed by atoms with Crippen LogP contribution in [-0.4, -0.2) is 69.4 Å². The van der Waals surface area contributed by atoms with Crippen molar-refractivity contribution in [2.75, 3.05) is 52.7 Å². The summed E-state index contributed by atoms with van der Waals surface area (Å²) in [6, 6.07) is 2.56. The number of unbranched alkanes of at least 4 members (excludes halogenated alkanes) is 6. The van der Waals surface area contributed by atoms with E-state index in [0.29, 0.717) is 0 Å². The average molecular weight is 478 g/mol. The van der Waals surface area contributed by atoms with Gasteiger partial charge in [0.1, 0.15) is 0 Å². The maximum atomic E-state index is 5.88. The van der Waals surface area contributed by atoms with Crippen LogP contribution >= 0.6 is 0 Å². The molecule has 0 spiro atoms. The first kappa shape index (κ1) is 31.2. The minimum atomic E-state index is -1.38. The second-order valence-electron chi connectivity index (χ2n) is 9.69. The molecule has 188 valence electrons. The van der Waals surface area contributed by atoms with E-state index in [9.17, 15) is 0 Å². The van der Waals surface area contributed by atoms with Crippen LogP contribution < -0.4 is 5.32 Å². The first-order valence-corrected chi connectivity index (χ1v) is 19.2. The van der Waals surface area contributed by atoms with Gasteiger partial charge in [-0.1, -0.05) is 38.5 Å². The number of hydrogen-bond acceptors (Lipinski definition) is 5. The standard InChI is InChI=1S/C24H55NO4Si2/c1-7-28-30(3,4)23-15-11-9-13-19-26-21-17-25-18-22-27-20-14-10-12-16-24-31(5,6)29-8-2/h25H,7-24H2,1-6H3. The van der Waals surface area contributed by atoms with Gasteiger partial charge in [-0.25, -0.2) is 0 Å². The number of nitrogens with one attached hydrogen (secondary N) is 1. The molecule has 0 bridgehead atoms. The van der Waals surface area contributed by atoms with Crippen molar-refractivity contribution in [1.82, 2.24) is 5.32 Å². The lowest BCUT2D eigenvalue weighted by Gasteiger charge is -2.21. The van der Waals surface area contributed by atoms with E-state index in [2.05, 4.69) is 45.4 Å². The Morgan fingerprint density at radius 3 is 1.29 bits per heavy atom. The maximum Gasteiger partial charge on any atom is 0.186 e. The summed E-state index contributed by atoms with van der Waals surface area (Å²) < 4.78 is 23.2. The summed E-state index contributed by atoms with van der Waals surface area (Å²) in [6.45, 7) is 20.4. The quantitative estimate of drug-likeness (QED) is 0.132. The molecule has 0 aromatic carbocycles. The van der Waals surface area contributed by atoms with Crippen molar-refractivity contribution in [2.45, 2.75) is 103 Å². The van der Waals surface area contributed by atoms with Gasteiger partial charge >= 0.3 is 0 Å². The molecule has 7 heteroatoms. The fourth-order valence-electron chi connectivity index (χ4n) is 3.76. The topological polar surface area (TPSA) is 49.0 Å². The third-order valence-corrected chi connectivity index (χ3v) is 10.8. The van der Waals surface area contributed by atoms with Crippen molar-refractivity contribution in [1.29, 1.82) is 0 Å². The van der Waals surface area contributed by atoms with E-state index >= 15 is 0 Å². The lowest BCUT2D eigenvalue weighted by atomic mass is 10.2. The molecule has 0 aromatic heterocycles. The summed E-state index contributed by atoms with van der Waals surface area (Å²) in [5, 5.41) is 3.40. The van der Waals surface area contributed by atoms with Crippen molar-refractivity contribution in [3.05, 3.63) is 0 Å². The minimum absolute atomic E-state index is 0.797. The molecule has 0 aromatic rings. The Morgan fingerprint density at radius 1 is 0.516 bits per heavy atom. The predicted octanol–water partition coefficient (Wildman–Crippen LogP) is 6.21. The second-order valence-corrected chi connectivity index (χ2v) is 18.3. The Balaban J connectivity index is 3.19. The zero-order valence-electron chi connectivity index (χ0n) is 21.9. The highest BCUT2D eigenvalue weighted by Crippen LogP contribution is 2.17. The third-order valence-electron chi connectivity index (χ3n) is 5.55. The monoisotopic (exact) mass is 477 g/mol. The van der Waals surface area contributed by atoms with E-state index in [1.54, 1.807) is 0 Å². The smallest absolute Gasteiger partial charge is 0.186 e. The first-order valence-electron chi connectivity index (χ1n) is 13.0. The molecule has 0 fully saturated rings. The molecule has 0 aliphatic carbocycles. The van der Waals surface area contributed by atoms with E-state index in [1.165, 1.54) is 63.5 Å². The molecular formula is C24H55NO4Si2. The molecule has 31 heavy (non-hydrogen) atoms. The highest BCUT2D eigenvalue weighted by molar-refractivity contribution is 6.71. The van der Waals surface area contributed by atoms with Gasteiger partial charge in [-0.15, -0.1) is 0 Å².